The fraction of sp³-hybridized carbons (Fsp3) is 0.933. The summed E-state index contributed by atoms with van der Waals surface area (Å²) in [6.45, 7) is 10.6. The number of rotatable bonds is 6. The Bertz CT molecular complexity index is 454. The van der Waals surface area contributed by atoms with Crippen LogP contribution < -0.4 is 0 Å². The number of sulfonamides is 1. The zero-order valence-corrected chi connectivity index (χ0v) is 14.6. The van der Waals surface area contributed by atoms with Crippen molar-refractivity contribution in [1.82, 2.24) is 9.21 Å². The van der Waals surface area contributed by atoms with E-state index in [9.17, 15) is 13.7 Å². The topological polar surface area (TPSA) is 64.4 Å². The van der Waals surface area contributed by atoms with Crippen LogP contribution in [-0.4, -0.2) is 55.6 Å². The van der Waals surface area contributed by atoms with E-state index in [4.69, 9.17) is 0 Å². The number of nitriles is 1. The predicted octanol–water partition coefficient (Wildman–Crippen LogP) is 2.06. The van der Waals surface area contributed by atoms with E-state index in [0.29, 0.717) is 32.6 Å². The molecule has 0 aromatic carbocycles. The molecule has 1 aliphatic heterocycles. The highest BCUT2D eigenvalue weighted by atomic mass is 32.2. The van der Waals surface area contributed by atoms with E-state index in [0.717, 1.165) is 12.8 Å². The lowest BCUT2D eigenvalue weighted by molar-refractivity contribution is 0.156. The monoisotopic (exact) mass is 315 g/mol. The molecule has 0 aromatic rings. The van der Waals surface area contributed by atoms with Crippen molar-refractivity contribution in [2.24, 2.45) is 5.41 Å². The lowest BCUT2D eigenvalue weighted by Gasteiger charge is -2.36. The maximum absolute atomic E-state index is 12.3. The molecule has 122 valence electrons. The first-order chi connectivity index (χ1) is 9.69. The molecule has 1 saturated heterocycles. The molecule has 1 fully saturated rings. The van der Waals surface area contributed by atoms with Gasteiger partial charge in [-0.3, -0.25) is 4.90 Å². The van der Waals surface area contributed by atoms with Gasteiger partial charge in [0.15, 0.2) is 0 Å². The fourth-order valence-electron chi connectivity index (χ4n) is 2.46. The average molecular weight is 315 g/mol. The van der Waals surface area contributed by atoms with Gasteiger partial charge >= 0.3 is 0 Å². The first-order valence-corrected chi connectivity index (χ1v) is 9.42. The SMILES string of the molecule is CCCC(C#N)N1CCN(S(=O)(=O)CCC(C)(C)C)CC1. The van der Waals surface area contributed by atoms with Gasteiger partial charge < -0.3 is 0 Å². The molecule has 21 heavy (non-hydrogen) atoms. The molecule has 0 aliphatic carbocycles. The molecule has 0 radical (unpaired) electrons. The van der Waals surface area contributed by atoms with Gasteiger partial charge in [0.05, 0.1) is 17.9 Å². The van der Waals surface area contributed by atoms with Crippen LogP contribution in [0.5, 0.6) is 0 Å². The van der Waals surface area contributed by atoms with Crippen LogP contribution in [0.3, 0.4) is 0 Å². The minimum Gasteiger partial charge on any atom is -0.285 e. The second-order valence-electron chi connectivity index (χ2n) is 7.00. The Morgan fingerprint density at radius 2 is 1.76 bits per heavy atom. The summed E-state index contributed by atoms with van der Waals surface area (Å²) in [7, 11) is -3.16. The molecule has 1 unspecified atom stereocenters. The molecular formula is C15H29N3O2S. The summed E-state index contributed by atoms with van der Waals surface area (Å²) in [6.07, 6.45) is 2.50. The summed E-state index contributed by atoms with van der Waals surface area (Å²) < 4.78 is 26.3. The Morgan fingerprint density at radius 3 is 2.19 bits per heavy atom. The Balaban J connectivity index is 2.54. The number of piperazine rings is 1. The van der Waals surface area contributed by atoms with Gasteiger partial charge in [0, 0.05) is 26.2 Å². The Kier molecular flexibility index (Phi) is 6.64. The third-order valence-corrected chi connectivity index (χ3v) is 5.80. The van der Waals surface area contributed by atoms with Gasteiger partial charge in [-0.05, 0) is 18.3 Å². The molecule has 6 heteroatoms. The minimum absolute atomic E-state index is 0.0297. The molecule has 5 nitrogen and oxygen atoms in total. The molecule has 0 N–H and O–H groups in total. The van der Waals surface area contributed by atoms with Gasteiger partial charge in [0.1, 0.15) is 0 Å². The van der Waals surface area contributed by atoms with Crippen molar-refractivity contribution in [2.75, 3.05) is 31.9 Å². The van der Waals surface area contributed by atoms with Gasteiger partial charge in [-0.1, -0.05) is 34.1 Å². The van der Waals surface area contributed by atoms with E-state index in [2.05, 4.69) is 38.7 Å². The van der Waals surface area contributed by atoms with Crippen molar-refractivity contribution < 1.29 is 8.42 Å². The number of hydrogen-bond donors (Lipinski definition) is 0. The lowest BCUT2D eigenvalue weighted by Crippen LogP contribution is -2.52. The van der Waals surface area contributed by atoms with Crippen molar-refractivity contribution in [2.45, 2.75) is 53.0 Å². The van der Waals surface area contributed by atoms with Gasteiger partial charge in [-0.15, -0.1) is 0 Å². The van der Waals surface area contributed by atoms with E-state index < -0.39 is 10.0 Å². The van der Waals surface area contributed by atoms with Crippen molar-refractivity contribution in [3.8, 4) is 6.07 Å². The van der Waals surface area contributed by atoms with E-state index in [1.54, 1.807) is 4.31 Å². The maximum Gasteiger partial charge on any atom is 0.214 e. The number of hydrogen-bond acceptors (Lipinski definition) is 4. The smallest absolute Gasteiger partial charge is 0.214 e. The molecule has 0 aromatic heterocycles. The molecule has 0 spiro atoms. The normalized spacial score (nSPS) is 20.1. The Morgan fingerprint density at radius 1 is 1.19 bits per heavy atom. The quantitative estimate of drug-likeness (QED) is 0.752. The highest BCUT2D eigenvalue weighted by Crippen LogP contribution is 2.21. The van der Waals surface area contributed by atoms with Gasteiger partial charge in [0.25, 0.3) is 0 Å². The van der Waals surface area contributed by atoms with Crippen molar-refractivity contribution in [3.63, 3.8) is 0 Å². The molecule has 1 rings (SSSR count). The maximum atomic E-state index is 12.3. The summed E-state index contributed by atoms with van der Waals surface area (Å²) in [5.41, 5.74) is 0.0297. The van der Waals surface area contributed by atoms with Crippen LogP contribution >= 0.6 is 0 Å². The van der Waals surface area contributed by atoms with E-state index in [-0.39, 0.29) is 17.2 Å². The van der Waals surface area contributed by atoms with Crippen molar-refractivity contribution in [3.05, 3.63) is 0 Å². The van der Waals surface area contributed by atoms with Gasteiger partial charge in [-0.2, -0.15) is 9.57 Å². The average Bonchev–Trinajstić information content (AvgIpc) is 2.42. The van der Waals surface area contributed by atoms with Crippen LogP contribution in [0.15, 0.2) is 0 Å². The van der Waals surface area contributed by atoms with E-state index >= 15 is 0 Å². The summed E-state index contributed by atoms with van der Waals surface area (Å²) in [5.74, 6) is 0.215. The van der Waals surface area contributed by atoms with Crippen LogP contribution in [0.4, 0.5) is 0 Å². The van der Waals surface area contributed by atoms with Gasteiger partial charge in [0.2, 0.25) is 10.0 Å². The van der Waals surface area contributed by atoms with Crippen LogP contribution in [0.25, 0.3) is 0 Å². The lowest BCUT2D eigenvalue weighted by atomic mass is 9.94. The van der Waals surface area contributed by atoms with Crippen LogP contribution in [-0.2, 0) is 10.0 Å². The zero-order valence-electron chi connectivity index (χ0n) is 13.8. The zero-order chi connectivity index (χ0) is 16.1. The van der Waals surface area contributed by atoms with Gasteiger partial charge in [-0.25, -0.2) is 8.42 Å². The Hall–Kier alpha value is -0.640. The first kappa shape index (κ1) is 18.4. The second-order valence-corrected chi connectivity index (χ2v) is 9.08. The van der Waals surface area contributed by atoms with E-state index in [1.807, 2.05) is 0 Å². The molecule has 0 bridgehead atoms. The highest BCUT2D eigenvalue weighted by molar-refractivity contribution is 7.89. The summed E-state index contributed by atoms with van der Waals surface area (Å²) in [5, 5.41) is 9.19. The minimum atomic E-state index is -3.16. The van der Waals surface area contributed by atoms with Crippen molar-refractivity contribution >= 4 is 10.0 Å². The van der Waals surface area contributed by atoms with Crippen LogP contribution in [0.1, 0.15) is 47.0 Å². The molecule has 1 aliphatic rings. The molecular weight excluding hydrogens is 286 g/mol. The predicted molar refractivity (Wildman–Crippen MR) is 85.3 cm³/mol. The molecule has 1 heterocycles. The first-order valence-electron chi connectivity index (χ1n) is 7.81. The van der Waals surface area contributed by atoms with Crippen molar-refractivity contribution in [1.29, 1.82) is 5.26 Å². The summed E-state index contributed by atoms with van der Waals surface area (Å²) in [4.78, 5) is 2.11. The van der Waals surface area contributed by atoms with Crippen LogP contribution in [0, 0.1) is 16.7 Å². The molecule has 0 amide bonds. The number of nitrogens with zero attached hydrogens (tertiary/aromatic N) is 3. The molecule has 0 saturated carbocycles. The highest BCUT2D eigenvalue weighted by Gasteiger charge is 2.30. The Labute approximate surface area is 130 Å². The fourth-order valence-corrected chi connectivity index (χ4v) is 4.31. The van der Waals surface area contributed by atoms with E-state index in [1.165, 1.54) is 0 Å². The van der Waals surface area contributed by atoms with Crippen LogP contribution in [0.2, 0.25) is 0 Å². The largest absolute Gasteiger partial charge is 0.285 e. The summed E-state index contributed by atoms with van der Waals surface area (Å²) >= 11 is 0. The third kappa shape index (κ3) is 5.93. The molecule has 1 atom stereocenters. The third-order valence-electron chi connectivity index (χ3n) is 3.93. The second kappa shape index (κ2) is 7.57. The standard InChI is InChI=1S/C15H29N3O2S/c1-5-6-14(13-16)17-8-10-18(11-9-17)21(19,20)12-7-15(2,3)4/h14H,5-12H2,1-4H3. The summed E-state index contributed by atoms with van der Waals surface area (Å²) in [6, 6.07) is 2.25.